The molecule has 0 spiro atoms. The smallest absolute Gasteiger partial charge is 0.416 e. The zero-order chi connectivity index (χ0) is 28.9. The number of hydrogen-bond acceptors (Lipinski definition) is 9. The molecule has 1 atom stereocenters. The average Bonchev–Trinajstić information content (AvgIpc) is 2.85. The quantitative estimate of drug-likeness (QED) is 0.0922. The van der Waals surface area contributed by atoms with E-state index in [4.69, 9.17) is 19.6 Å². The number of carboxylic acid groups (broad SMARTS) is 1. The van der Waals surface area contributed by atoms with Crippen molar-refractivity contribution >= 4 is 36.1 Å². The van der Waals surface area contributed by atoms with Crippen LogP contribution < -0.4 is 10.6 Å². The molecule has 0 aliphatic heterocycles. The average molecular weight is 546 g/mol. The molecule has 38 heavy (non-hydrogen) atoms. The first-order chi connectivity index (χ1) is 18.1. The maximum Gasteiger partial charge on any atom is 0.416 e. The van der Waals surface area contributed by atoms with Crippen molar-refractivity contribution < 1.29 is 43.3 Å². The monoisotopic (exact) mass is 545 g/mol. The van der Waals surface area contributed by atoms with E-state index >= 15 is 0 Å². The van der Waals surface area contributed by atoms with Crippen molar-refractivity contribution in [2.75, 3.05) is 40.0 Å². The number of hydrogen-bond donors (Lipinski definition) is 4. The number of guanidine groups is 1. The molecule has 0 aliphatic carbocycles. The van der Waals surface area contributed by atoms with Gasteiger partial charge in [0.1, 0.15) is 12.6 Å². The molecule has 0 aliphatic rings. The summed E-state index contributed by atoms with van der Waals surface area (Å²) in [5.41, 5.74) is 0. The van der Waals surface area contributed by atoms with E-state index in [9.17, 15) is 29.1 Å². The van der Waals surface area contributed by atoms with Gasteiger partial charge in [-0.2, -0.15) is 0 Å². The van der Waals surface area contributed by atoms with E-state index in [0.29, 0.717) is 19.3 Å². The first-order valence-corrected chi connectivity index (χ1v) is 12.9. The number of unbranched alkanes of at least 4 members (excludes halogenated alkanes) is 3. The molecule has 0 unspecified atom stereocenters. The van der Waals surface area contributed by atoms with E-state index in [1.165, 1.54) is 7.05 Å². The Kier molecular flexibility index (Phi) is 18.5. The zero-order valence-electron chi connectivity index (χ0n) is 22.9. The van der Waals surface area contributed by atoms with Crippen LogP contribution in [0.5, 0.6) is 0 Å². The number of aliphatic carboxylic acids is 1. The van der Waals surface area contributed by atoms with Gasteiger partial charge in [-0.3, -0.25) is 15.5 Å². The van der Waals surface area contributed by atoms with Gasteiger partial charge in [0.15, 0.2) is 0 Å². The highest BCUT2D eigenvalue weighted by Crippen LogP contribution is 2.05. The van der Waals surface area contributed by atoms with Crippen molar-refractivity contribution in [2.24, 2.45) is 0 Å². The number of amides is 4. The number of nitrogens with one attached hydrogen (secondary N) is 3. The van der Waals surface area contributed by atoms with Crippen LogP contribution in [0.25, 0.3) is 0 Å². The van der Waals surface area contributed by atoms with Gasteiger partial charge in [-0.05, 0) is 32.1 Å². The van der Waals surface area contributed by atoms with Gasteiger partial charge >= 0.3 is 24.2 Å². The number of likely N-dealkylation sites (N-methyl/N-ethyl adjacent to an activating group) is 1. The maximum absolute atomic E-state index is 12.5. The van der Waals surface area contributed by atoms with Crippen LogP contribution in [-0.2, 0) is 23.8 Å². The van der Waals surface area contributed by atoms with Crippen LogP contribution in [0.15, 0.2) is 0 Å². The molecule has 0 rings (SSSR count). The Labute approximate surface area is 223 Å². The standard InChI is InChI=1S/C24H43N5O9/c1-5-8-14-36-22(33)27-21(25)29(24(35)38-16-10-7-3)13-11-12-18(20(31)32)26-19(30)17-28(4)23(34)37-15-9-6-2/h18H,5-17H2,1-4H3,(H,26,30)(H,31,32)(H2,25,27,33)/t18-/m0/s1. The molecule has 0 saturated carbocycles. The molecular formula is C24H43N5O9. The summed E-state index contributed by atoms with van der Waals surface area (Å²) in [5.74, 6) is -2.59. The van der Waals surface area contributed by atoms with Gasteiger partial charge in [0, 0.05) is 13.6 Å². The van der Waals surface area contributed by atoms with Crippen LogP contribution in [0, 0.1) is 5.41 Å². The highest BCUT2D eigenvalue weighted by atomic mass is 16.6. The van der Waals surface area contributed by atoms with Gasteiger partial charge in [0.05, 0.1) is 19.8 Å². The van der Waals surface area contributed by atoms with Crippen molar-refractivity contribution in [1.82, 2.24) is 20.4 Å². The van der Waals surface area contributed by atoms with E-state index in [2.05, 4.69) is 10.6 Å². The lowest BCUT2D eigenvalue weighted by atomic mass is 10.1. The Morgan fingerprint density at radius 3 is 1.89 bits per heavy atom. The second-order valence-corrected chi connectivity index (χ2v) is 8.51. The maximum atomic E-state index is 12.5. The lowest BCUT2D eigenvalue weighted by Crippen LogP contribution is -2.48. The van der Waals surface area contributed by atoms with E-state index in [-0.39, 0.29) is 39.2 Å². The van der Waals surface area contributed by atoms with Crippen LogP contribution in [0.2, 0.25) is 0 Å². The van der Waals surface area contributed by atoms with Crippen molar-refractivity contribution in [3.63, 3.8) is 0 Å². The Morgan fingerprint density at radius 1 is 0.842 bits per heavy atom. The fraction of sp³-hybridized carbons (Fsp3) is 0.750. The molecule has 14 heteroatoms. The molecule has 4 N–H and O–H groups in total. The first-order valence-electron chi connectivity index (χ1n) is 12.9. The minimum absolute atomic E-state index is 0.0456. The topological polar surface area (TPSA) is 188 Å². The second kappa shape index (κ2) is 20.5. The summed E-state index contributed by atoms with van der Waals surface area (Å²) in [4.78, 5) is 62.2. The molecule has 0 aromatic rings. The van der Waals surface area contributed by atoms with Crippen LogP contribution in [-0.4, -0.2) is 97.0 Å². The zero-order valence-corrected chi connectivity index (χ0v) is 22.9. The Balaban J connectivity index is 5.01. The minimum Gasteiger partial charge on any atom is -0.480 e. The minimum atomic E-state index is -1.31. The highest BCUT2D eigenvalue weighted by molar-refractivity contribution is 5.99. The van der Waals surface area contributed by atoms with E-state index in [1.807, 2.05) is 20.8 Å². The fourth-order valence-electron chi connectivity index (χ4n) is 2.83. The normalized spacial score (nSPS) is 11.1. The van der Waals surface area contributed by atoms with E-state index in [1.54, 1.807) is 0 Å². The van der Waals surface area contributed by atoms with Crippen molar-refractivity contribution in [2.45, 2.75) is 78.2 Å². The molecule has 0 saturated heterocycles. The molecule has 0 bridgehead atoms. The molecule has 0 fully saturated rings. The number of rotatable bonds is 17. The lowest BCUT2D eigenvalue weighted by Gasteiger charge is -2.23. The molecular weight excluding hydrogens is 502 g/mol. The number of ether oxygens (including phenoxy) is 3. The third kappa shape index (κ3) is 15.5. The molecule has 218 valence electrons. The van der Waals surface area contributed by atoms with Crippen molar-refractivity contribution in [1.29, 1.82) is 5.41 Å². The predicted molar refractivity (Wildman–Crippen MR) is 138 cm³/mol. The number of carbonyl (C=O) groups excluding carboxylic acids is 4. The largest absolute Gasteiger partial charge is 0.480 e. The third-order valence-electron chi connectivity index (χ3n) is 5.09. The van der Waals surface area contributed by atoms with Crippen LogP contribution in [0.3, 0.4) is 0 Å². The summed E-state index contributed by atoms with van der Waals surface area (Å²) in [6, 6.07) is -1.31. The molecule has 0 heterocycles. The van der Waals surface area contributed by atoms with Gasteiger partial charge in [0.25, 0.3) is 0 Å². The van der Waals surface area contributed by atoms with Gasteiger partial charge in [-0.25, -0.2) is 24.1 Å². The van der Waals surface area contributed by atoms with E-state index < -0.39 is 48.7 Å². The van der Waals surface area contributed by atoms with Gasteiger partial charge in [-0.1, -0.05) is 40.0 Å². The van der Waals surface area contributed by atoms with Gasteiger partial charge in [0.2, 0.25) is 11.9 Å². The van der Waals surface area contributed by atoms with Crippen LogP contribution >= 0.6 is 0 Å². The summed E-state index contributed by atoms with van der Waals surface area (Å²) in [7, 11) is 1.36. The lowest BCUT2D eigenvalue weighted by molar-refractivity contribution is -0.142. The van der Waals surface area contributed by atoms with Gasteiger partial charge in [-0.15, -0.1) is 0 Å². The molecule has 4 amide bonds. The summed E-state index contributed by atoms with van der Waals surface area (Å²) in [6.45, 7) is 5.69. The Morgan fingerprint density at radius 2 is 1.37 bits per heavy atom. The number of alkyl carbamates (subject to hydrolysis) is 1. The van der Waals surface area contributed by atoms with Crippen molar-refractivity contribution in [3.05, 3.63) is 0 Å². The molecule has 0 aromatic carbocycles. The fourth-order valence-corrected chi connectivity index (χ4v) is 2.83. The van der Waals surface area contributed by atoms with Crippen LogP contribution in [0.4, 0.5) is 14.4 Å². The van der Waals surface area contributed by atoms with Crippen molar-refractivity contribution in [3.8, 4) is 0 Å². The summed E-state index contributed by atoms with van der Waals surface area (Å²) >= 11 is 0. The first kappa shape index (κ1) is 34.4. The summed E-state index contributed by atoms with van der Waals surface area (Å²) in [5, 5.41) is 22.1. The predicted octanol–water partition coefficient (Wildman–Crippen LogP) is 2.90. The number of carboxylic acids is 1. The third-order valence-corrected chi connectivity index (χ3v) is 5.09. The van der Waals surface area contributed by atoms with Gasteiger partial charge < -0.3 is 29.5 Å². The second-order valence-electron chi connectivity index (χ2n) is 8.51. The SMILES string of the molecule is CCCCOC(=O)NC(=N)N(CCC[C@H](NC(=O)CN(C)C(=O)OCCCC)C(=O)O)C(=O)OCCCC. The summed E-state index contributed by atoms with van der Waals surface area (Å²) in [6.07, 6.45) is 1.82. The number of nitrogens with zero attached hydrogens (tertiary/aromatic N) is 2. The molecule has 14 nitrogen and oxygen atoms in total. The summed E-state index contributed by atoms with van der Waals surface area (Å²) < 4.78 is 15.1. The molecule has 0 aromatic heterocycles. The molecule has 0 radical (unpaired) electrons. The Bertz CT molecular complexity index is 778. The Hall–Kier alpha value is -3.58. The van der Waals surface area contributed by atoms with E-state index in [0.717, 1.165) is 29.1 Å². The highest BCUT2D eigenvalue weighted by Gasteiger charge is 2.25. The number of carbonyl (C=O) groups is 5. The van der Waals surface area contributed by atoms with Crippen LogP contribution in [0.1, 0.15) is 72.1 Å².